The van der Waals surface area contributed by atoms with E-state index in [1.807, 2.05) is 0 Å². The molecule has 1 aliphatic rings. The summed E-state index contributed by atoms with van der Waals surface area (Å²) >= 11 is 10.3. The molecule has 6 nitrogen and oxygen atoms in total. The minimum absolute atomic E-state index is 0.0770. The number of anilines is 1. The highest BCUT2D eigenvalue weighted by molar-refractivity contribution is 9.10. The van der Waals surface area contributed by atoms with E-state index in [9.17, 15) is 14.0 Å². The summed E-state index contributed by atoms with van der Waals surface area (Å²) in [5.41, 5.74) is 0.733. The fourth-order valence-electron chi connectivity index (χ4n) is 2.91. The number of halogens is 3. The molecule has 0 aromatic carbocycles. The van der Waals surface area contributed by atoms with Gasteiger partial charge in [-0.15, -0.1) is 11.3 Å². The van der Waals surface area contributed by atoms with Crippen LogP contribution in [0.5, 0.6) is 0 Å². The predicted molar refractivity (Wildman–Crippen MR) is 92.7 cm³/mol. The van der Waals surface area contributed by atoms with Crippen LogP contribution in [0.2, 0.25) is 5.15 Å². The number of aryl methyl sites for hydroxylation is 1. The average Bonchev–Trinajstić information content (AvgIpc) is 3.11. The topological polar surface area (TPSA) is 67.2 Å². The van der Waals surface area contributed by atoms with E-state index >= 15 is 0 Å². The second kappa shape index (κ2) is 6.45. The Balaban J connectivity index is 1.95. The minimum atomic E-state index is -0.975. The number of amides is 2. The van der Waals surface area contributed by atoms with Gasteiger partial charge in [0.25, 0.3) is 0 Å². The van der Waals surface area contributed by atoms with Gasteiger partial charge in [0, 0.05) is 26.6 Å². The summed E-state index contributed by atoms with van der Waals surface area (Å²) in [5, 5.41) is 7.90. The van der Waals surface area contributed by atoms with E-state index in [1.54, 1.807) is 18.8 Å². The second-order valence-corrected chi connectivity index (χ2v) is 7.53. The molecule has 0 unspecified atom stereocenters. The summed E-state index contributed by atoms with van der Waals surface area (Å²) in [6, 6.07) is 1.47. The molecule has 1 N–H and O–H groups in total. The van der Waals surface area contributed by atoms with Gasteiger partial charge in [0.1, 0.15) is 5.92 Å². The fraction of sp³-hybridized carbons (Fsp3) is 0.357. The quantitative estimate of drug-likeness (QED) is 0.754. The van der Waals surface area contributed by atoms with Gasteiger partial charge in [-0.3, -0.25) is 14.3 Å². The van der Waals surface area contributed by atoms with E-state index in [0.29, 0.717) is 16.7 Å². The fourth-order valence-corrected chi connectivity index (χ4v) is 4.32. The van der Waals surface area contributed by atoms with Crippen LogP contribution in [-0.4, -0.2) is 40.1 Å². The van der Waals surface area contributed by atoms with Crippen LogP contribution >= 0.6 is 38.9 Å². The molecule has 2 atom stereocenters. The number of aromatic nitrogens is 2. The number of carbonyl (C=O) groups is 2. The van der Waals surface area contributed by atoms with Gasteiger partial charge >= 0.3 is 0 Å². The lowest BCUT2D eigenvalue weighted by Crippen LogP contribution is -2.33. The number of hydrogen-bond acceptors (Lipinski definition) is 4. The Bertz CT molecular complexity index is 824. The Kier molecular flexibility index (Phi) is 4.67. The zero-order valence-electron chi connectivity index (χ0n) is 12.7. The number of rotatable bonds is 3. The van der Waals surface area contributed by atoms with Crippen molar-refractivity contribution in [3.63, 3.8) is 0 Å². The first kappa shape index (κ1) is 17.4. The predicted octanol–water partition coefficient (Wildman–Crippen LogP) is 2.85. The summed E-state index contributed by atoms with van der Waals surface area (Å²) in [4.78, 5) is 26.6. The number of nitrogens with zero attached hydrogens (tertiary/aromatic N) is 3. The smallest absolute Gasteiger partial charge is 0.237 e. The van der Waals surface area contributed by atoms with Crippen LogP contribution in [0.3, 0.4) is 0 Å². The zero-order valence-corrected chi connectivity index (χ0v) is 15.9. The largest absolute Gasteiger partial charge is 0.344 e. The van der Waals surface area contributed by atoms with Crippen LogP contribution < -0.4 is 5.32 Å². The summed E-state index contributed by atoms with van der Waals surface area (Å²) in [6.07, 6.45) is 0. The molecule has 1 aliphatic heterocycles. The molecular weight excluding hydrogens is 423 g/mol. The SMILES string of the molecule is CN1C[C@H](c2c(Br)c(Cl)nn2C)[C@@H](C(=O)Nc2ccsc2F)C1=O. The lowest BCUT2D eigenvalue weighted by atomic mass is 9.91. The average molecular weight is 436 g/mol. The zero-order chi connectivity index (χ0) is 17.6. The molecule has 1 saturated heterocycles. The molecule has 10 heteroatoms. The highest BCUT2D eigenvalue weighted by Crippen LogP contribution is 2.39. The molecule has 128 valence electrons. The summed E-state index contributed by atoms with van der Waals surface area (Å²) in [5.74, 6) is -2.28. The van der Waals surface area contributed by atoms with Crippen LogP contribution in [0.1, 0.15) is 11.6 Å². The number of carbonyl (C=O) groups excluding carboxylic acids is 2. The van der Waals surface area contributed by atoms with Crippen molar-refractivity contribution in [2.45, 2.75) is 5.92 Å². The van der Waals surface area contributed by atoms with E-state index in [2.05, 4.69) is 26.3 Å². The Morgan fingerprint density at radius 1 is 1.54 bits per heavy atom. The molecule has 0 radical (unpaired) electrons. The number of likely N-dealkylation sites (N-methyl/N-ethyl adjacent to an activating group) is 1. The molecule has 24 heavy (non-hydrogen) atoms. The van der Waals surface area contributed by atoms with Gasteiger partial charge in [0.15, 0.2) is 10.3 Å². The summed E-state index contributed by atoms with van der Waals surface area (Å²) in [7, 11) is 3.32. The molecule has 0 bridgehead atoms. The molecule has 2 aromatic heterocycles. The molecule has 0 aliphatic carbocycles. The maximum atomic E-state index is 13.6. The molecule has 2 aromatic rings. The molecule has 1 fully saturated rings. The van der Waals surface area contributed by atoms with E-state index in [4.69, 9.17) is 11.6 Å². The monoisotopic (exact) mass is 434 g/mol. The number of thiophene rings is 1. The van der Waals surface area contributed by atoms with Crippen molar-refractivity contribution in [3.8, 4) is 0 Å². The van der Waals surface area contributed by atoms with Gasteiger partial charge in [-0.2, -0.15) is 9.49 Å². The van der Waals surface area contributed by atoms with Crippen LogP contribution in [0.25, 0.3) is 0 Å². The maximum Gasteiger partial charge on any atom is 0.237 e. The van der Waals surface area contributed by atoms with E-state index < -0.39 is 22.9 Å². The van der Waals surface area contributed by atoms with Gasteiger partial charge in [0.05, 0.1) is 15.9 Å². The van der Waals surface area contributed by atoms with Crippen molar-refractivity contribution in [2.75, 3.05) is 18.9 Å². The van der Waals surface area contributed by atoms with Gasteiger partial charge in [0.2, 0.25) is 11.8 Å². The molecule has 0 saturated carbocycles. The number of likely N-dealkylation sites (tertiary alicyclic amines) is 1. The van der Waals surface area contributed by atoms with Crippen LogP contribution in [0.15, 0.2) is 15.9 Å². The first-order valence-corrected chi connectivity index (χ1v) is 9.03. The standard InChI is InChI=1S/C14H13BrClFN4O2S/c1-20-5-6(10-9(15)11(16)19-21(10)2)8(14(20)23)13(22)18-7-3-4-24-12(7)17/h3-4,6,8H,5H2,1-2H3,(H,18,22)/t6-,8-/m0/s1. The van der Waals surface area contributed by atoms with Crippen molar-refractivity contribution in [3.05, 3.63) is 31.9 Å². The Hall–Kier alpha value is -1.45. The molecule has 3 rings (SSSR count). The highest BCUT2D eigenvalue weighted by atomic mass is 79.9. The molecule has 2 amide bonds. The molecule has 0 spiro atoms. The second-order valence-electron chi connectivity index (χ2n) is 5.51. The third kappa shape index (κ3) is 2.84. The Morgan fingerprint density at radius 3 is 2.79 bits per heavy atom. The van der Waals surface area contributed by atoms with Crippen LogP contribution in [0, 0.1) is 11.0 Å². The third-order valence-corrected chi connectivity index (χ3v) is 5.99. The van der Waals surface area contributed by atoms with Gasteiger partial charge in [-0.05, 0) is 27.4 Å². The number of nitrogens with one attached hydrogen (secondary N) is 1. The highest BCUT2D eigenvalue weighted by Gasteiger charge is 2.46. The Labute approximate surface area is 154 Å². The lowest BCUT2D eigenvalue weighted by molar-refractivity contribution is -0.135. The Morgan fingerprint density at radius 2 is 2.25 bits per heavy atom. The summed E-state index contributed by atoms with van der Waals surface area (Å²) < 4.78 is 15.7. The van der Waals surface area contributed by atoms with Gasteiger partial charge in [-0.25, -0.2) is 0 Å². The first-order chi connectivity index (χ1) is 11.3. The van der Waals surface area contributed by atoms with Crippen LogP contribution in [-0.2, 0) is 16.6 Å². The van der Waals surface area contributed by atoms with E-state index in [-0.39, 0.29) is 16.7 Å². The van der Waals surface area contributed by atoms with Gasteiger partial charge < -0.3 is 10.2 Å². The van der Waals surface area contributed by atoms with Crippen molar-refractivity contribution in [2.24, 2.45) is 13.0 Å². The van der Waals surface area contributed by atoms with Crippen LogP contribution in [0.4, 0.5) is 10.1 Å². The van der Waals surface area contributed by atoms with Crippen molar-refractivity contribution in [1.82, 2.24) is 14.7 Å². The van der Waals surface area contributed by atoms with E-state index in [0.717, 1.165) is 11.3 Å². The minimum Gasteiger partial charge on any atom is -0.344 e. The van der Waals surface area contributed by atoms with Crippen molar-refractivity contribution in [1.29, 1.82) is 0 Å². The summed E-state index contributed by atoms with van der Waals surface area (Å²) in [6.45, 7) is 0.345. The molecular formula is C14H13BrClFN4O2S. The number of hydrogen-bond donors (Lipinski definition) is 1. The maximum absolute atomic E-state index is 13.6. The van der Waals surface area contributed by atoms with Gasteiger partial charge in [-0.1, -0.05) is 11.6 Å². The lowest BCUT2D eigenvalue weighted by Gasteiger charge is -2.17. The third-order valence-electron chi connectivity index (χ3n) is 4.02. The normalized spacial score (nSPS) is 20.7. The molecule has 3 heterocycles. The first-order valence-electron chi connectivity index (χ1n) is 6.98. The van der Waals surface area contributed by atoms with Crippen molar-refractivity contribution < 1.29 is 14.0 Å². The van der Waals surface area contributed by atoms with Crippen molar-refractivity contribution >= 4 is 56.4 Å². The van der Waals surface area contributed by atoms with E-state index in [1.165, 1.54) is 16.3 Å².